The maximum absolute atomic E-state index is 12.9. The van der Waals surface area contributed by atoms with Crippen molar-refractivity contribution in [3.8, 4) is 0 Å². The summed E-state index contributed by atoms with van der Waals surface area (Å²) in [6.45, 7) is 12.4. The molecule has 0 unspecified atom stereocenters. The van der Waals surface area contributed by atoms with Gasteiger partial charge in [0.1, 0.15) is 12.1 Å². The average Bonchev–Trinajstić information content (AvgIpc) is 3.20. The fourth-order valence-corrected chi connectivity index (χ4v) is 2.65. The first kappa shape index (κ1) is 18.8. The van der Waals surface area contributed by atoms with Gasteiger partial charge in [-0.05, 0) is 25.7 Å². The average molecular weight is 370 g/mol. The number of amides is 1. The smallest absolute Gasteiger partial charge is 0.278 e. The maximum atomic E-state index is 12.9. The lowest BCUT2D eigenvalue weighted by molar-refractivity contribution is 0.102. The number of rotatable bonds is 5. The number of nitrogens with zero attached hydrogens (tertiary/aromatic N) is 5. The molecule has 0 aliphatic heterocycles. The molecule has 0 aromatic carbocycles. The van der Waals surface area contributed by atoms with Crippen LogP contribution in [-0.4, -0.2) is 35.9 Å². The van der Waals surface area contributed by atoms with E-state index in [9.17, 15) is 4.79 Å². The zero-order valence-corrected chi connectivity index (χ0v) is 16.5. The van der Waals surface area contributed by atoms with E-state index in [1.165, 1.54) is 6.33 Å². The highest BCUT2D eigenvalue weighted by Gasteiger charge is 2.32. The van der Waals surface area contributed by atoms with Crippen molar-refractivity contribution < 1.29 is 4.79 Å². The minimum absolute atomic E-state index is 0.186. The third-order valence-electron chi connectivity index (χ3n) is 5.13. The number of anilines is 2. The summed E-state index contributed by atoms with van der Waals surface area (Å²) in [4.78, 5) is 21.3. The molecule has 4 N–H and O–H groups in total. The molecule has 9 nitrogen and oxygen atoms in total. The molecule has 3 aromatic rings. The van der Waals surface area contributed by atoms with Crippen LogP contribution in [0, 0.1) is 5.92 Å². The summed E-state index contributed by atoms with van der Waals surface area (Å²) in [6.07, 6.45) is 1.39. The normalized spacial score (nSPS) is 12.3. The van der Waals surface area contributed by atoms with Crippen molar-refractivity contribution in [1.82, 2.24) is 29.9 Å². The lowest BCUT2D eigenvalue weighted by Gasteiger charge is -2.30. The Morgan fingerprint density at radius 2 is 1.96 bits per heavy atom. The summed E-state index contributed by atoms with van der Waals surface area (Å²) in [6, 6.07) is 1.81. The van der Waals surface area contributed by atoms with Crippen molar-refractivity contribution in [2.24, 2.45) is 5.92 Å². The van der Waals surface area contributed by atoms with Crippen molar-refractivity contribution >= 4 is 28.6 Å². The van der Waals surface area contributed by atoms with Crippen LogP contribution in [0.1, 0.15) is 63.6 Å². The summed E-state index contributed by atoms with van der Waals surface area (Å²) < 4.78 is 1.75. The molecule has 0 fully saturated rings. The fourth-order valence-electron chi connectivity index (χ4n) is 2.65. The number of fused-ring (bicyclic) bond motifs is 1. The Hall–Kier alpha value is -2.97. The molecule has 1 amide bonds. The van der Waals surface area contributed by atoms with E-state index in [-0.39, 0.29) is 28.9 Å². The lowest BCUT2D eigenvalue weighted by Crippen LogP contribution is -2.33. The first-order valence-electron chi connectivity index (χ1n) is 8.99. The molecule has 0 saturated heterocycles. The van der Waals surface area contributed by atoms with Crippen molar-refractivity contribution in [3.63, 3.8) is 0 Å². The second-order valence-corrected chi connectivity index (χ2v) is 7.84. The summed E-state index contributed by atoms with van der Waals surface area (Å²) in [5, 5.41) is 14.8. The number of carbonyl (C=O) groups excluding carboxylic acids is 1. The topological polar surface area (TPSA) is 127 Å². The van der Waals surface area contributed by atoms with E-state index < -0.39 is 5.91 Å². The van der Waals surface area contributed by atoms with Crippen molar-refractivity contribution in [2.45, 2.75) is 53.0 Å². The molecule has 144 valence electrons. The Bertz CT molecular complexity index is 983. The molecule has 0 spiro atoms. The van der Waals surface area contributed by atoms with E-state index in [4.69, 9.17) is 5.73 Å². The number of nitrogens with one attached hydrogen (secondary N) is 2. The van der Waals surface area contributed by atoms with Gasteiger partial charge in [0.15, 0.2) is 17.2 Å². The molecule has 0 aliphatic rings. The van der Waals surface area contributed by atoms with Gasteiger partial charge in [-0.2, -0.15) is 10.2 Å². The Labute approximate surface area is 157 Å². The lowest BCUT2D eigenvalue weighted by atomic mass is 9.91. The standard InChI is InChI=1S/C18H26N8O/c1-9(2)11-7-12(24-23-11)22-17(27)14-13-15(19)20-8-21-16(13)26(25-14)18(5,6)10(3)4/h7-10H,1-6H3,(H2,19,20,21)(H2,22,23,24,27). The largest absolute Gasteiger partial charge is 0.383 e. The van der Waals surface area contributed by atoms with Gasteiger partial charge in [0.2, 0.25) is 0 Å². The van der Waals surface area contributed by atoms with Gasteiger partial charge in [-0.15, -0.1) is 0 Å². The number of aromatic nitrogens is 6. The minimum atomic E-state index is -0.401. The predicted molar refractivity (Wildman–Crippen MR) is 105 cm³/mol. The number of aromatic amines is 1. The molecular formula is C18H26N8O. The molecule has 3 heterocycles. The van der Waals surface area contributed by atoms with Gasteiger partial charge in [-0.1, -0.05) is 27.7 Å². The van der Waals surface area contributed by atoms with Crippen LogP contribution in [0.2, 0.25) is 0 Å². The number of nitrogens with two attached hydrogens (primary N) is 1. The number of carbonyl (C=O) groups is 1. The summed E-state index contributed by atoms with van der Waals surface area (Å²) in [5.74, 6) is 0.791. The van der Waals surface area contributed by atoms with E-state index in [0.29, 0.717) is 16.9 Å². The summed E-state index contributed by atoms with van der Waals surface area (Å²) in [7, 11) is 0. The van der Waals surface area contributed by atoms with Gasteiger partial charge in [0, 0.05) is 11.8 Å². The molecule has 9 heteroatoms. The van der Waals surface area contributed by atoms with E-state index in [0.717, 1.165) is 5.69 Å². The van der Waals surface area contributed by atoms with Crippen molar-refractivity contribution in [1.29, 1.82) is 0 Å². The summed E-state index contributed by atoms with van der Waals surface area (Å²) >= 11 is 0. The molecule has 0 saturated carbocycles. The Balaban J connectivity index is 2.07. The molecule has 0 bridgehead atoms. The monoisotopic (exact) mass is 370 g/mol. The Morgan fingerprint density at radius 1 is 1.26 bits per heavy atom. The third kappa shape index (κ3) is 3.24. The van der Waals surface area contributed by atoms with Crippen molar-refractivity contribution in [3.05, 3.63) is 23.8 Å². The van der Waals surface area contributed by atoms with Gasteiger partial charge in [0.25, 0.3) is 5.91 Å². The molecule has 3 rings (SSSR count). The Morgan fingerprint density at radius 3 is 2.56 bits per heavy atom. The first-order valence-corrected chi connectivity index (χ1v) is 8.99. The number of hydrogen-bond acceptors (Lipinski definition) is 6. The van der Waals surface area contributed by atoms with Gasteiger partial charge >= 0.3 is 0 Å². The summed E-state index contributed by atoms with van der Waals surface area (Å²) in [5.41, 5.74) is 7.35. The van der Waals surface area contributed by atoms with Crippen LogP contribution < -0.4 is 11.1 Å². The highest BCUT2D eigenvalue weighted by Crippen LogP contribution is 2.31. The minimum Gasteiger partial charge on any atom is -0.383 e. The number of H-pyrrole nitrogens is 1. The van der Waals surface area contributed by atoms with Crippen LogP contribution in [0.4, 0.5) is 11.6 Å². The van der Waals surface area contributed by atoms with Crippen LogP contribution >= 0.6 is 0 Å². The van der Waals surface area contributed by atoms with Crippen LogP contribution in [-0.2, 0) is 5.54 Å². The highest BCUT2D eigenvalue weighted by atomic mass is 16.2. The molecule has 27 heavy (non-hydrogen) atoms. The quantitative estimate of drug-likeness (QED) is 0.633. The van der Waals surface area contributed by atoms with Crippen LogP contribution in [0.3, 0.4) is 0 Å². The molecular weight excluding hydrogens is 344 g/mol. The molecule has 3 aromatic heterocycles. The van der Waals surface area contributed by atoms with Crippen LogP contribution in [0.5, 0.6) is 0 Å². The molecule has 0 atom stereocenters. The zero-order valence-electron chi connectivity index (χ0n) is 16.5. The third-order valence-corrected chi connectivity index (χ3v) is 5.13. The number of nitrogen functional groups attached to an aromatic ring is 1. The second-order valence-electron chi connectivity index (χ2n) is 7.84. The van der Waals surface area contributed by atoms with E-state index in [2.05, 4.69) is 44.4 Å². The first-order chi connectivity index (χ1) is 12.6. The van der Waals surface area contributed by atoms with E-state index in [1.807, 2.05) is 27.7 Å². The van der Waals surface area contributed by atoms with Gasteiger partial charge in [-0.3, -0.25) is 9.89 Å². The SMILES string of the molecule is CC(C)c1cc(NC(=O)c2nn(C(C)(C)C(C)C)c3ncnc(N)c23)n[nH]1. The van der Waals surface area contributed by atoms with Gasteiger partial charge in [0.05, 0.1) is 10.9 Å². The highest BCUT2D eigenvalue weighted by molar-refractivity contribution is 6.12. The van der Waals surface area contributed by atoms with E-state index in [1.54, 1.807) is 10.7 Å². The predicted octanol–water partition coefficient (Wildman–Crippen LogP) is 2.90. The Kier molecular flexibility index (Phi) is 4.63. The maximum Gasteiger partial charge on any atom is 0.278 e. The van der Waals surface area contributed by atoms with Crippen LogP contribution in [0.25, 0.3) is 11.0 Å². The second kappa shape index (κ2) is 6.64. The molecule has 0 radical (unpaired) electrons. The van der Waals surface area contributed by atoms with Gasteiger partial charge < -0.3 is 11.1 Å². The van der Waals surface area contributed by atoms with E-state index >= 15 is 0 Å². The fraction of sp³-hybridized carbons (Fsp3) is 0.500. The molecule has 0 aliphatic carbocycles. The van der Waals surface area contributed by atoms with Crippen molar-refractivity contribution in [2.75, 3.05) is 11.1 Å². The van der Waals surface area contributed by atoms with Gasteiger partial charge in [-0.25, -0.2) is 14.6 Å². The van der Waals surface area contributed by atoms with Crippen LogP contribution in [0.15, 0.2) is 12.4 Å². The zero-order chi connectivity index (χ0) is 19.9. The number of hydrogen-bond donors (Lipinski definition) is 3.